The molecule has 6 aromatic rings. The molecular formula is C35H28FN3O4. The van der Waals surface area contributed by atoms with Gasteiger partial charge in [-0.05, 0) is 41.0 Å². The van der Waals surface area contributed by atoms with Crippen molar-refractivity contribution in [3.8, 4) is 17.0 Å². The molecule has 0 aliphatic heterocycles. The molecule has 0 saturated carbocycles. The maximum atomic E-state index is 15.3. The molecule has 7 nitrogen and oxygen atoms in total. The summed E-state index contributed by atoms with van der Waals surface area (Å²) in [6.45, 7) is 0.519. The number of fused-ring (bicyclic) bond motifs is 1. The molecule has 0 spiro atoms. The van der Waals surface area contributed by atoms with Gasteiger partial charge in [-0.2, -0.15) is 5.10 Å². The van der Waals surface area contributed by atoms with E-state index in [0.717, 1.165) is 16.7 Å². The first kappa shape index (κ1) is 27.8. The first-order valence-corrected chi connectivity index (χ1v) is 13.8. The smallest absolute Gasteiger partial charge is 0.270 e. The molecule has 8 heteroatoms. The molecule has 43 heavy (non-hydrogen) atoms. The van der Waals surface area contributed by atoms with Crippen LogP contribution < -0.4 is 4.74 Å². The van der Waals surface area contributed by atoms with Gasteiger partial charge in [-0.25, -0.2) is 9.07 Å². The van der Waals surface area contributed by atoms with E-state index in [1.807, 2.05) is 95.7 Å². The molecule has 0 amide bonds. The number of aromatic nitrogens is 2. The Bertz CT molecular complexity index is 1780. The lowest BCUT2D eigenvalue weighted by Gasteiger charge is -2.37. The van der Waals surface area contributed by atoms with Gasteiger partial charge >= 0.3 is 0 Å². The van der Waals surface area contributed by atoms with Crippen LogP contribution in [0.2, 0.25) is 0 Å². The number of nitro groups is 1. The molecule has 1 aromatic heterocycles. The van der Waals surface area contributed by atoms with Gasteiger partial charge in [0.2, 0.25) is 0 Å². The predicted octanol–water partition coefficient (Wildman–Crippen LogP) is 7.62. The van der Waals surface area contributed by atoms with Gasteiger partial charge in [0.05, 0.1) is 17.0 Å². The van der Waals surface area contributed by atoms with Gasteiger partial charge in [-0.15, -0.1) is 0 Å². The molecule has 214 valence electrons. The second-order valence-corrected chi connectivity index (χ2v) is 10.0. The average molecular weight is 574 g/mol. The van der Waals surface area contributed by atoms with Crippen LogP contribution in [0.15, 0.2) is 127 Å². The highest BCUT2D eigenvalue weighted by molar-refractivity contribution is 5.95. The Hall–Kier alpha value is -5.34. The summed E-state index contributed by atoms with van der Waals surface area (Å²) < 4.78 is 27.7. The second-order valence-electron chi connectivity index (χ2n) is 10.0. The van der Waals surface area contributed by atoms with Crippen LogP contribution in [0.4, 0.5) is 10.1 Å². The molecular weight excluding hydrogens is 545 g/mol. The minimum Gasteiger partial charge on any atom is -0.488 e. The fourth-order valence-electron chi connectivity index (χ4n) is 5.59. The lowest BCUT2D eigenvalue weighted by Crippen LogP contribution is -2.38. The zero-order chi connectivity index (χ0) is 29.8. The first-order chi connectivity index (χ1) is 21.0. The molecule has 0 radical (unpaired) electrons. The lowest BCUT2D eigenvalue weighted by molar-refractivity contribution is -0.384. The van der Waals surface area contributed by atoms with Crippen molar-refractivity contribution in [1.82, 2.24) is 9.78 Å². The van der Waals surface area contributed by atoms with Crippen LogP contribution in [0, 0.1) is 15.9 Å². The molecule has 6 rings (SSSR count). The van der Waals surface area contributed by atoms with Crippen LogP contribution in [-0.2, 0) is 10.3 Å². The lowest BCUT2D eigenvalue weighted by atomic mass is 9.77. The number of hydrogen-bond donors (Lipinski definition) is 0. The van der Waals surface area contributed by atoms with Crippen molar-refractivity contribution in [2.24, 2.45) is 0 Å². The number of nitro benzene ring substituents is 1. The van der Waals surface area contributed by atoms with Crippen molar-refractivity contribution in [2.75, 3.05) is 20.3 Å². The number of non-ortho nitro benzene ring substituents is 1. The van der Waals surface area contributed by atoms with Crippen molar-refractivity contribution < 1.29 is 18.8 Å². The number of methoxy groups -OCH3 is 1. The zero-order valence-electron chi connectivity index (χ0n) is 23.4. The predicted molar refractivity (Wildman–Crippen MR) is 164 cm³/mol. The average Bonchev–Trinajstić information content (AvgIpc) is 3.43. The number of nitrogens with zero attached hydrogens (tertiary/aromatic N) is 3. The molecule has 0 N–H and O–H groups in total. The van der Waals surface area contributed by atoms with Crippen molar-refractivity contribution in [3.05, 3.63) is 160 Å². The highest BCUT2D eigenvalue weighted by Crippen LogP contribution is 2.44. The quantitative estimate of drug-likeness (QED) is 0.0729. The number of benzene rings is 5. The van der Waals surface area contributed by atoms with Crippen LogP contribution in [0.25, 0.3) is 22.2 Å². The minimum atomic E-state index is -0.974. The maximum Gasteiger partial charge on any atom is 0.270 e. The van der Waals surface area contributed by atoms with E-state index in [-0.39, 0.29) is 18.0 Å². The largest absolute Gasteiger partial charge is 0.488 e. The molecule has 0 fully saturated rings. The van der Waals surface area contributed by atoms with Gasteiger partial charge in [0.25, 0.3) is 5.69 Å². The third-order valence-corrected chi connectivity index (χ3v) is 7.52. The summed E-state index contributed by atoms with van der Waals surface area (Å²) >= 11 is 0. The van der Waals surface area contributed by atoms with Gasteiger partial charge in [-0.1, -0.05) is 91.0 Å². The maximum absolute atomic E-state index is 15.3. The Morgan fingerprint density at radius 2 is 1.37 bits per heavy atom. The number of hydrogen-bond acceptors (Lipinski definition) is 5. The Kier molecular flexibility index (Phi) is 7.68. The van der Waals surface area contributed by atoms with Crippen LogP contribution in [0.3, 0.4) is 0 Å². The van der Waals surface area contributed by atoms with Crippen molar-refractivity contribution in [2.45, 2.75) is 5.54 Å². The summed E-state index contributed by atoms with van der Waals surface area (Å²) in [6.07, 6.45) is 0. The first-order valence-electron chi connectivity index (χ1n) is 13.8. The molecule has 0 atom stereocenters. The zero-order valence-corrected chi connectivity index (χ0v) is 23.4. The van der Waals surface area contributed by atoms with Crippen molar-refractivity contribution >= 4 is 16.6 Å². The van der Waals surface area contributed by atoms with E-state index >= 15 is 4.39 Å². The van der Waals surface area contributed by atoms with E-state index in [0.29, 0.717) is 28.8 Å². The molecule has 5 aromatic carbocycles. The Labute approximate surface area is 247 Å². The number of rotatable bonds is 10. The molecule has 0 saturated heterocycles. The Morgan fingerprint density at radius 3 is 1.88 bits per heavy atom. The van der Waals surface area contributed by atoms with Gasteiger partial charge in [0.15, 0.2) is 11.6 Å². The van der Waals surface area contributed by atoms with Crippen LogP contribution >= 0.6 is 0 Å². The fourth-order valence-corrected chi connectivity index (χ4v) is 5.59. The fraction of sp³-hybridized carbons (Fsp3) is 0.114. The van der Waals surface area contributed by atoms with Crippen LogP contribution in [0.5, 0.6) is 5.75 Å². The van der Waals surface area contributed by atoms with Crippen molar-refractivity contribution in [3.63, 3.8) is 0 Å². The summed E-state index contributed by atoms with van der Waals surface area (Å²) in [5.41, 5.74) is 3.28. The Morgan fingerprint density at radius 1 is 0.791 bits per heavy atom. The third kappa shape index (κ3) is 5.02. The summed E-state index contributed by atoms with van der Waals surface area (Å²) in [5.74, 6) is -0.482. The topological polar surface area (TPSA) is 79.4 Å². The summed E-state index contributed by atoms with van der Waals surface area (Å²) in [6, 6.07) is 39.3. The number of halogens is 1. The molecule has 0 aliphatic carbocycles. The Balaban J connectivity index is 1.68. The van der Waals surface area contributed by atoms with E-state index in [1.165, 1.54) is 18.2 Å². The molecule has 1 heterocycles. The monoisotopic (exact) mass is 573 g/mol. The molecule has 0 bridgehead atoms. The highest BCUT2D eigenvalue weighted by Gasteiger charge is 2.41. The van der Waals surface area contributed by atoms with Gasteiger partial charge in [0.1, 0.15) is 17.8 Å². The highest BCUT2D eigenvalue weighted by atomic mass is 19.1. The van der Waals surface area contributed by atoms with E-state index in [1.54, 1.807) is 25.3 Å². The van der Waals surface area contributed by atoms with Crippen LogP contribution in [0.1, 0.15) is 16.7 Å². The second kappa shape index (κ2) is 11.9. The SMILES string of the molecule is COCCOc1ccc(-c2nn(C(c3ccccc3)(c3ccccc3)c3ccccc3)c3ccc([N+](=O)[O-])cc23)cc1F. The van der Waals surface area contributed by atoms with Gasteiger partial charge in [0, 0.05) is 30.2 Å². The number of ether oxygens (including phenoxy) is 2. The van der Waals surface area contributed by atoms with E-state index in [2.05, 4.69) is 0 Å². The van der Waals surface area contributed by atoms with E-state index < -0.39 is 16.3 Å². The summed E-state index contributed by atoms with van der Waals surface area (Å²) in [5, 5.41) is 17.6. The van der Waals surface area contributed by atoms with E-state index in [4.69, 9.17) is 14.6 Å². The summed E-state index contributed by atoms with van der Waals surface area (Å²) in [4.78, 5) is 11.4. The summed E-state index contributed by atoms with van der Waals surface area (Å²) in [7, 11) is 1.55. The normalized spacial score (nSPS) is 11.5. The van der Waals surface area contributed by atoms with Gasteiger partial charge in [-0.3, -0.25) is 10.1 Å². The van der Waals surface area contributed by atoms with E-state index in [9.17, 15) is 10.1 Å². The van der Waals surface area contributed by atoms with Crippen LogP contribution in [-0.4, -0.2) is 35.0 Å². The van der Waals surface area contributed by atoms with Crippen molar-refractivity contribution in [1.29, 1.82) is 0 Å². The minimum absolute atomic E-state index is 0.0852. The third-order valence-electron chi connectivity index (χ3n) is 7.52. The standard InChI is InChI=1S/C35H28FN3O4/c1-42-21-22-43-33-20-17-25(23-31(33)36)34-30-24-29(39(40)41)18-19-32(30)38(37-34)35(26-11-5-2-6-12-26,27-13-7-3-8-14-27)28-15-9-4-10-16-28/h2-20,23-24H,21-22H2,1H3. The van der Waals surface area contributed by atoms with Gasteiger partial charge < -0.3 is 9.47 Å². The molecule has 0 aliphatic rings. The molecule has 0 unspecified atom stereocenters.